The molecular weight excluding hydrogens is 402 g/mol. The first-order valence-corrected chi connectivity index (χ1v) is 10.3. The highest BCUT2D eigenvalue weighted by molar-refractivity contribution is 8.00. The molecule has 1 amide bonds. The molecule has 1 N–H and O–H groups in total. The maximum absolute atomic E-state index is 13.3. The van der Waals surface area contributed by atoms with E-state index in [2.05, 4.69) is 15.5 Å². The van der Waals surface area contributed by atoms with E-state index in [1.165, 1.54) is 11.8 Å². The first kappa shape index (κ1) is 20.0. The highest BCUT2D eigenvalue weighted by Crippen LogP contribution is 2.26. The van der Waals surface area contributed by atoms with Crippen LogP contribution in [0.15, 0.2) is 58.5 Å². The zero-order valence-corrected chi connectivity index (χ0v) is 17.6. The van der Waals surface area contributed by atoms with Crippen LogP contribution in [-0.2, 0) is 11.3 Å². The summed E-state index contributed by atoms with van der Waals surface area (Å²) < 4.78 is 8.86. The fraction of sp³-hybridized carbons (Fsp3) is 0.238. The topological polar surface area (TPSA) is 90.5 Å². The summed E-state index contributed by atoms with van der Waals surface area (Å²) in [5.74, 6) is 0.998. The van der Waals surface area contributed by atoms with Crippen LogP contribution in [0.3, 0.4) is 0 Å². The molecule has 9 heteroatoms. The lowest BCUT2D eigenvalue weighted by molar-refractivity contribution is -0.119. The molecular formula is C21H21N5O3S. The van der Waals surface area contributed by atoms with Gasteiger partial charge in [-0.05, 0) is 25.1 Å². The van der Waals surface area contributed by atoms with Gasteiger partial charge in [0.15, 0.2) is 5.16 Å². The molecule has 8 nitrogen and oxygen atoms in total. The summed E-state index contributed by atoms with van der Waals surface area (Å²) in [7, 11) is 3.20. The number of ether oxygens (including phenoxy) is 1. The summed E-state index contributed by atoms with van der Waals surface area (Å²) in [5.41, 5.74) is 1.40. The Morgan fingerprint density at radius 2 is 1.90 bits per heavy atom. The summed E-state index contributed by atoms with van der Waals surface area (Å²) in [6.45, 7) is 2.09. The SMILES string of the molecule is CNC(=O)C(C)Sc1nnc2n(Cc3ccccc3OC)c(=O)c3ccccc3n12. The van der Waals surface area contributed by atoms with Gasteiger partial charge in [0.05, 0.1) is 29.8 Å². The van der Waals surface area contributed by atoms with Gasteiger partial charge in [-0.3, -0.25) is 18.6 Å². The van der Waals surface area contributed by atoms with Crippen molar-refractivity contribution in [3.05, 3.63) is 64.4 Å². The third kappa shape index (κ3) is 3.41. The van der Waals surface area contributed by atoms with Crippen molar-refractivity contribution < 1.29 is 9.53 Å². The smallest absolute Gasteiger partial charge is 0.263 e. The number of nitrogens with zero attached hydrogens (tertiary/aromatic N) is 4. The minimum absolute atomic E-state index is 0.108. The van der Waals surface area contributed by atoms with Gasteiger partial charge in [0.2, 0.25) is 11.7 Å². The summed E-state index contributed by atoms with van der Waals surface area (Å²) in [6.07, 6.45) is 0. The molecule has 2 heterocycles. The van der Waals surface area contributed by atoms with E-state index in [-0.39, 0.29) is 23.3 Å². The number of hydrogen-bond donors (Lipinski definition) is 1. The van der Waals surface area contributed by atoms with E-state index >= 15 is 0 Å². The van der Waals surface area contributed by atoms with E-state index in [1.807, 2.05) is 46.9 Å². The number of amides is 1. The lowest BCUT2D eigenvalue weighted by atomic mass is 10.2. The van der Waals surface area contributed by atoms with E-state index in [0.717, 1.165) is 5.56 Å². The average Bonchev–Trinajstić information content (AvgIpc) is 3.19. The standard InChI is InChI=1S/C21H21N5O3S/c1-13(18(27)22-2)30-21-24-23-20-25(12-14-8-4-7-11-17(14)29-3)19(28)15-9-5-6-10-16(15)26(20)21/h4-11,13H,12H2,1-3H3,(H,22,27). The highest BCUT2D eigenvalue weighted by atomic mass is 32.2. The molecule has 4 rings (SSSR count). The lowest BCUT2D eigenvalue weighted by Gasteiger charge is -2.14. The van der Waals surface area contributed by atoms with Crippen LogP contribution in [-0.4, -0.2) is 44.5 Å². The van der Waals surface area contributed by atoms with E-state index in [1.54, 1.807) is 31.7 Å². The molecule has 1 atom stereocenters. The first-order chi connectivity index (χ1) is 14.5. The number of benzene rings is 2. The number of methoxy groups -OCH3 is 1. The molecule has 2 aromatic carbocycles. The third-order valence-electron chi connectivity index (χ3n) is 4.90. The maximum Gasteiger partial charge on any atom is 0.263 e. The van der Waals surface area contributed by atoms with Crippen LogP contribution in [0.4, 0.5) is 0 Å². The van der Waals surface area contributed by atoms with Gasteiger partial charge < -0.3 is 10.1 Å². The molecule has 0 saturated carbocycles. The molecule has 0 saturated heterocycles. The van der Waals surface area contributed by atoms with Gasteiger partial charge in [0.1, 0.15) is 5.75 Å². The second kappa shape index (κ2) is 8.19. The van der Waals surface area contributed by atoms with Crippen LogP contribution in [0.1, 0.15) is 12.5 Å². The van der Waals surface area contributed by atoms with E-state index < -0.39 is 0 Å². The number of hydrogen-bond acceptors (Lipinski definition) is 6. The van der Waals surface area contributed by atoms with Gasteiger partial charge in [-0.1, -0.05) is 42.1 Å². The first-order valence-electron chi connectivity index (χ1n) is 9.42. The molecule has 0 spiro atoms. The Morgan fingerprint density at radius 3 is 2.67 bits per heavy atom. The van der Waals surface area contributed by atoms with Crippen molar-refractivity contribution in [1.29, 1.82) is 0 Å². The molecule has 4 aromatic rings. The molecule has 0 fully saturated rings. The minimum atomic E-state index is -0.365. The molecule has 2 aromatic heterocycles. The Hall–Kier alpha value is -3.33. The van der Waals surface area contributed by atoms with Crippen LogP contribution in [0, 0.1) is 0 Å². The van der Waals surface area contributed by atoms with E-state index in [4.69, 9.17) is 4.74 Å². The Labute approximate surface area is 176 Å². The van der Waals surface area contributed by atoms with Gasteiger partial charge in [0, 0.05) is 12.6 Å². The number of fused-ring (bicyclic) bond motifs is 3. The molecule has 30 heavy (non-hydrogen) atoms. The number of para-hydroxylation sites is 2. The number of aromatic nitrogens is 4. The largest absolute Gasteiger partial charge is 0.496 e. The quantitative estimate of drug-likeness (QED) is 0.479. The average molecular weight is 423 g/mol. The molecule has 0 radical (unpaired) electrons. The molecule has 0 aliphatic heterocycles. The number of rotatable bonds is 6. The van der Waals surface area contributed by atoms with Crippen molar-refractivity contribution in [2.45, 2.75) is 23.9 Å². The second-order valence-electron chi connectivity index (χ2n) is 6.71. The van der Waals surface area contributed by atoms with Crippen LogP contribution in [0.2, 0.25) is 0 Å². The van der Waals surface area contributed by atoms with E-state index in [0.29, 0.717) is 27.6 Å². The molecule has 0 aliphatic rings. The third-order valence-corrected chi connectivity index (χ3v) is 5.94. The van der Waals surface area contributed by atoms with Crippen LogP contribution < -0.4 is 15.6 Å². The van der Waals surface area contributed by atoms with Crippen LogP contribution in [0.5, 0.6) is 5.75 Å². The lowest BCUT2D eigenvalue weighted by Crippen LogP contribution is -2.27. The summed E-state index contributed by atoms with van der Waals surface area (Å²) in [6, 6.07) is 14.9. The highest BCUT2D eigenvalue weighted by Gasteiger charge is 2.21. The van der Waals surface area contributed by atoms with E-state index in [9.17, 15) is 9.59 Å². The minimum Gasteiger partial charge on any atom is -0.496 e. The summed E-state index contributed by atoms with van der Waals surface area (Å²) in [5, 5.41) is 12.0. The molecule has 154 valence electrons. The second-order valence-corrected chi connectivity index (χ2v) is 8.02. The summed E-state index contributed by atoms with van der Waals surface area (Å²) >= 11 is 1.29. The van der Waals surface area contributed by atoms with Gasteiger partial charge in [-0.15, -0.1) is 10.2 Å². The fourth-order valence-corrected chi connectivity index (χ4v) is 4.29. The van der Waals surface area contributed by atoms with Crippen molar-refractivity contribution >= 4 is 34.3 Å². The van der Waals surface area contributed by atoms with Crippen LogP contribution >= 0.6 is 11.8 Å². The summed E-state index contributed by atoms with van der Waals surface area (Å²) in [4.78, 5) is 25.3. The number of carbonyl (C=O) groups is 1. The number of carbonyl (C=O) groups excluding carboxylic acids is 1. The Morgan fingerprint density at radius 1 is 1.17 bits per heavy atom. The predicted molar refractivity (Wildman–Crippen MR) is 116 cm³/mol. The monoisotopic (exact) mass is 423 g/mol. The van der Waals surface area contributed by atoms with Gasteiger partial charge in [-0.25, -0.2) is 0 Å². The zero-order valence-electron chi connectivity index (χ0n) is 16.8. The Balaban J connectivity index is 1.93. The van der Waals surface area contributed by atoms with Crippen molar-refractivity contribution in [1.82, 2.24) is 24.5 Å². The van der Waals surface area contributed by atoms with Crippen molar-refractivity contribution in [3.8, 4) is 5.75 Å². The number of thioether (sulfide) groups is 1. The Kier molecular flexibility index (Phi) is 5.45. The predicted octanol–water partition coefficient (Wildman–Crippen LogP) is 2.33. The fourth-order valence-electron chi connectivity index (χ4n) is 3.37. The zero-order chi connectivity index (χ0) is 21.3. The van der Waals surface area contributed by atoms with Crippen molar-refractivity contribution in [3.63, 3.8) is 0 Å². The maximum atomic E-state index is 13.3. The molecule has 0 aliphatic carbocycles. The Bertz CT molecular complexity index is 1300. The number of nitrogens with one attached hydrogen (secondary N) is 1. The van der Waals surface area contributed by atoms with Gasteiger partial charge >= 0.3 is 0 Å². The van der Waals surface area contributed by atoms with Crippen LogP contribution in [0.25, 0.3) is 16.7 Å². The van der Waals surface area contributed by atoms with Crippen molar-refractivity contribution in [2.75, 3.05) is 14.2 Å². The van der Waals surface area contributed by atoms with Gasteiger partial charge in [0.25, 0.3) is 5.56 Å². The molecule has 1 unspecified atom stereocenters. The van der Waals surface area contributed by atoms with Crippen molar-refractivity contribution in [2.24, 2.45) is 0 Å². The normalized spacial score (nSPS) is 12.2. The molecule has 0 bridgehead atoms. The van der Waals surface area contributed by atoms with Gasteiger partial charge in [-0.2, -0.15) is 0 Å².